The number of fused-ring (bicyclic) bond motifs is 4. The van der Waals surface area contributed by atoms with Crippen LogP contribution in [0.3, 0.4) is 0 Å². The number of aryl methyl sites for hydroxylation is 1. The summed E-state index contributed by atoms with van der Waals surface area (Å²) in [7, 11) is 1.98. The summed E-state index contributed by atoms with van der Waals surface area (Å²) >= 11 is 0. The average molecular weight is 940 g/mol. The second-order valence-corrected chi connectivity index (χ2v) is 21.2. The van der Waals surface area contributed by atoms with Crippen molar-refractivity contribution in [2.75, 3.05) is 37.8 Å². The molecule has 362 valence electrons. The molecule has 6 aliphatic rings. The molecule has 1 amide bonds. The highest BCUT2D eigenvalue weighted by Gasteiger charge is 2.48. The Morgan fingerprint density at radius 3 is 2.36 bits per heavy atom. The van der Waals surface area contributed by atoms with Gasteiger partial charge in [0.2, 0.25) is 0 Å². The maximum absolute atomic E-state index is 16.8. The van der Waals surface area contributed by atoms with Gasteiger partial charge in [0.05, 0.1) is 37.0 Å². The minimum atomic E-state index is -0.599. The number of hydrogen-bond donors (Lipinski definition) is 0. The van der Waals surface area contributed by atoms with Crippen molar-refractivity contribution in [3.63, 3.8) is 0 Å². The molecule has 0 radical (unpaired) electrons. The molecule has 0 spiro atoms. The quantitative estimate of drug-likeness (QED) is 0.115. The molecule has 69 heavy (non-hydrogen) atoms. The first-order chi connectivity index (χ1) is 33.4. The van der Waals surface area contributed by atoms with Crippen molar-refractivity contribution in [2.45, 2.75) is 147 Å². The second-order valence-electron chi connectivity index (χ2n) is 21.2. The number of benzene rings is 3. The van der Waals surface area contributed by atoms with E-state index in [-0.39, 0.29) is 54.9 Å². The van der Waals surface area contributed by atoms with Gasteiger partial charge in [0, 0.05) is 79.9 Å². The predicted octanol–water partition coefficient (Wildman–Crippen LogP) is 9.60. The van der Waals surface area contributed by atoms with E-state index >= 15 is 4.39 Å². The highest BCUT2D eigenvalue weighted by atomic mass is 19.1. The first-order valence-corrected chi connectivity index (χ1v) is 25.2. The molecule has 3 atom stereocenters. The van der Waals surface area contributed by atoms with Gasteiger partial charge in [-0.25, -0.2) is 18.9 Å². The minimum Gasteiger partial charge on any atom is -0.486 e. The second kappa shape index (κ2) is 17.5. The van der Waals surface area contributed by atoms with E-state index in [0.29, 0.717) is 80.4 Å². The lowest BCUT2D eigenvalue weighted by Gasteiger charge is -2.36. The molecule has 3 aromatic carbocycles. The molecule has 2 bridgehead atoms. The molecule has 6 fully saturated rings. The van der Waals surface area contributed by atoms with Gasteiger partial charge >= 0.3 is 12.1 Å². The highest BCUT2D eigenvalue weighted by Crippen LogP contribution is 2.54. The topological polar surface area (TPSA) is 144 Å². The number of piperazine rings is 1. The van der Waals surface area contributed by atoms with Crippen molar-refractivity contribution >= 4 is 33.7 Å². The number of ether oxygens (including phenoxy) is 5. The lowest BCUT2D eigenvalue weighted by atomic mass is 9.88. The molecule has 3 aromatic heterocycles. The Kier molecular flexibility index (Phi) is 11.3. The van der Waals surface area contributed by atoms with Gasteiger partial charge in [-0.2, -0.15) is 20.2 Å². The van der Waals surface area contributed by atoms with Gasteiger partial charge in [-0.1, -0.05) is 24.3 Å². The SMILES string of the molecule is Cc1c(F)cc2c(cnn2C2CCCCO2)c1-c1c(C2CC2)cc2c(N3C[C@@H]4C[C@H]3CN4C(=O)OC(C)(C)C)nc(OC3CCOCC3)nc2c1OCc1ccc(Cc2nc(C3CC3)n(C)n2)cc1. The van der Waals surface area contributed by atoms with E-state index in [1.807, 2.05) is 55.2 Å². The minimum absolute atomic E-state index is 0.00278. The van der Waals surface area contributed by atoms with E-state index in [4.69, 9.17) is 48.8 Å². The molecule has 12 rings (SSSR count). The molecule has 7 heterocycles. The van der Waals surface area contributed by atoms with Crippen molar-refractivity contribution in [2.24, 2.45) is 7.05 Å². The summed E-state index contributed by atoms with van der Waals surface area (Å²) in [6.45, 7) is 10.7. The van der Waals surface area contributed by atoms with E-state index in [1.165, 1.54) is 12.8 Å². The third kappa shape index (κ3) is 8.65. The summed E-state index contributed by atoms with van der Waals surface area (Å²) in [6, 6.07) is 12.5. The molecule has 15 nitrogen and oxygen atoms in total. The fourth-order valence-corrected chi connectivity index (χ4v) is 11.1. The third-order valence-electron chi connectivity index (χ3n) is 14.9. The number of likely N-dealkylation sites (tertiary alicyclic amines) is 1. The number of carbonyl (C=O) groups excluding carboxylic acids is 1. The number of halogens is 1. The largest absolute Gasteiger partial charge is 0.486 e. The zero-order chi connectivity index (χ0) is 47.1. The van der Waals surface area contributed by atoms with Crippen LogP contribution in [0.15, 0.2) is 42.6 Å². The molecular weight excluding hydrogens is 878 g/mol. The van der Waals surface area contributed by atoms with Crippen molar-refractivity contribution < 1.29 is 32.9 Å². The van der Waals surface area contributed by atoms with Crippen LogP contribution >= 0.6 is 0 Å². The number of anilines is 1. The van der Waals surface area contributed by atoms with Gasteiger partial charge in [0.15, 0.2) is 17.8 Å². The lowest BCUT2D eigenvalue weighted by molar-refractivity contribution is -0.0366. The fourth-order valence-electron chi connectivity index (χ4n) is 11.1. The Labute approximate surface area is 401 Å². The Morgan fingerprint density at radius 2 is 1.65 bits per heavy atom. The molecule has 4 aliphatic heterocycles. The molecule has 0 N–H and O–H groups in total. The highest BCUT2D eigenvalue weighted by molar-refractivity contribution is 6.06. The number of amides is 1. The number of hydrogen-bond acceptors (Lipinski definition) is 12. The van der Waals surface area contributed by atoms with E-state index in [0.717, 1.165) is 94.6 Å². The number of carbonyl (C=O) groups is 1. The molecular formula is C53H62FN9O6. The van der Waals surface area contributed by atoms with Crippen molar-refractivity contribution in [3.05, 3.63) is 82.3 Å². The summed E-state index contributed by atoms with van der Waals surface area (Å²) in [5, 5.41) is 11.3. The van der Waals surface area contributed by atoms with E-state index < -0.39 is 5.60 Å². The van der Waals surface area contributed by atoms with Crippen LogP contribution in [0.2, 0.25) is 0 Å². The van der Waals surface area contributed by atoms with Crippen molar-refractivity contribution in [1.29, 1.82) is 0 Å². The number of aromatic nitrogens is 7. The number of rotatable bonds is 12. The van der Waals surface area contributed by atoms with Crippen LogP contribution in [-0.4, -0.2) is 102 Å². The zero-order valence-corrected chi connectivity index (χ0v) is 40.4. The fraction of sp³-hybridized carbons (Fsp3) is 0.547. The smallest absolute Gasteiger partial charge is 0.410 e. The Morgan fingerprint density at radius 1 is 0.870 bits per heavy atom. The average Bonchev–Trinajstić information content (AvgIpc) is 4.21. The van der Waals surface area contributed by atoms with Gasteiger partial charge in [-0.15, -0.1) is 0 Å². The van der Waals surface area contributed by atoms with Crippen LogP contribution in [0.25, 0.3) is 32.9 Å². The van der Waals surface area contributed by atoms with E-state index in [1.54, 1.807) is 6.07 Å². The maximum atomic E-state index is 16.8. The molecule has 6 aromatic rings. The van der Waals surface area contributed by atoms with Crippen molar-refractivity contribution in [3.8, 4) is 22.9 Å². The first-order valence-electron chi connectivity index (χ1n) is 25.2. The molecule has 4 saturated heterocycles. The standard InChI is InChI=1S/C53H62FN9O6/c1-30-41(54)25-42-40(26-55-63(42)44-8-6-7-19-66-44)45(30)46-38(33-13-14-33)24-39-47(48(46)67-29-32-11-9-31(10-12-32)22-43-56-49(34-15-16-34)60(5)59-43)57-51(68-37-17-20-65-21-18-37)58-50(39)61-27-36-23-35(61)28-62(36)52(64)69-53(2,3)4/h9-12,24-26,33-37,44H,6-8,13-23,27-29H2,1-5H3/t35-,36-,44?/m0/s1. The molecule has 2 saturated carbocycles. The van der Waals surface area contributed by atoms with Crippen LogP contribution in [0.5, 0.6) is 11.8 Å². The van der Waals surface area contributed by atoms with Crippen LogP contribution in [-0.2, 0) is 34.3 Å². The lowest BCUT2D eigenvalue weighted by Crippen LogP contribution is -2.50. The molecule has 2 aliphatic carbocycles. The summed E-state index contributed by atoms with van der Waals surface area (Å²) in [6.07, 6.45) is 11.2. The van der Waals surface area contributed by atoms with Crippen LogP contribution in [0.1, 0.15) is 137 Å². The van der Waals surface area contributed by atoms with E-state index in [2.05, 4.69) is 35.2 Å². The van der Waals surface area contributed by atoms with Crippen LogP contribution in [0.4, 0.5) is 15.0 Å². The van der Waals surface area contributed by atoms with Crippen LogP contribution in [0, 0.1) is 12.7 Å². The summed E-state index contributed by atoms with van der Waals surface area (Å²) < 4.78 is 52.3. The summed E-state index contributed by atoms with van der Waals surface area (Å²) in [5.41, 5.74) is 5.92. The van der Waals surface area contributed by atoms with Crippen LogP contribution < -0.4 is 14.4 Å². The van der Waals surface area contributed by atoms with Crippen molar-refractivity contribution in [1.82, 2.24) is 39.4 Å². The zero-order valence-electron chi connectivity index (χ0n) is 40.4. The Bertz CT molecular complexity index is 2930. The van der Waals surface area contributed by atoms with Gasteiger partial charge in [-0.05, 0) is 113 Å². The summed E-state index contributed by atoms with van der Waals surface area (Å²) in [5.74, 6) is 3.61. The third-order valence-corrected chi connectivity index (χ3v) is 14.9. The van der Waals surface area contributed by atoms with Gasteiger partial charge < -0.3 is 33.5 Å². The normalized spacial score (nSPS) is 22.0. The monoisotopic (exact) mass is 939 g/mol. The predicted molar refractivity (Wildman–Crippen MR) is 257 cm³/mol. The van der Waals surface area contributed by atoms with Gasteiger partial charge in [0.25, 0.3) is 0 Å². The Balaban J connectivity index is 0.994. The molecule has 1 unspecified atom stereocenters. The first kappa shape index (κ1) is 44.3. The van der Waals surface area contributed by atoms with E-state index in [9.17, 15) is 4.79 Å². The Hall–Kier alpha value is -5.87. The van der Waals surface area contributed by atoms with Gasteiger partial charge in [-0.3, -0.25) is 4.68 Å². The van der Waals surface area contributed by atoms with Gasteiger partial charge in [0.1, 0.15) is 41.3 Å². The summed E-state index contributed by atoms with van der Waals surface area (Å²) in [4.78, 5) is 33.1. The molecule has 16 heteroatoms. The number of nitrogens with zero attached hydrogens (tertiary/aromatic N) is 9. The maximum Gasteiger partial charge on any atom is 0.410 e.